The van der Waals surface area contributed by atoms with Gasteiger partial charge in [0.15, 0.2) is 0 Å². The van der Waals surface area contributed by atoms with Crippen LogP contribution in [0, 0.1) is 18.8 Å². The number of carboxylic acids is 1. The molecule has 0 radical (unpaired) electrons. The predicted molar refractivity (Wildman–Crippen MR) is 103 cm³/mol. The summed E-state index contributed by atoms with van der Waals surface area (Å²) in [6.45, 7) is 8.97. The summed E-state index contributed by atoms with van der Waals surface area (Å²) >= 11 is 0. The van der Waals surface area contributed by atoms with E-state index in [1.54, 1.807) is 0 Å². The molecule has 0 bridgehead atoms. The van der Waals surface area contributed by atoms with Gasteiger partial charge in [0.2, 0.25) is 5.91 Å². The van der Waals surface area contributed by atoms with Gasteiger partial charge in [0, 0.05) is 49.8 Å². The van der Waals surface area contributed by atoms with Gasteiger partial charge in [0.1, 0.15) is 11.6 Å². The molecule has 1 aliphatic carbocycles. The van der Waals surface area contributed by atoms with Crippen LogP contribution in [-0.2, 0) is 9.59 Å². The molecule has 1 saturated carbocycles. The molecular formula is C20H30N4O3. The summed E-state index contributed by atoms with van der Waals surface area (Å²) in [5, 5.41) is 9.25. The maximum atomic E-state index is 12.9. The van der Waals surface area contributed by atoms with Crippen LogP contribution < -0.4 is 4.90 Å². The molecule has 2 fully saturated rings. The third-order valence-corrected chi connectivity index (χ3v) is 5.66. The predicted octanol–water partition coefficient (Wildman–Crippen LogP) is 2.45. The summed E-state index contributed by atoms with van der Waals surface area (Å²) in [7, 11) is 0. The van der Waals surface area contributed by atoms with E-state index in [0.717, 1.165) is 43.3 Å². The van der Waals surface area contributed by atoms with Gasteiger partial charge in [0.05, 0.1) is 5.92 Å². The molecule has 2 heterocycles. The van der Waals surface area contributed by atoms with Gasteiger partial charge in [-0.1, -0.05) is 20.3 Å². The van der Waals surface area contributed by atoms with Crippen LogP contribution in [-0.4, -0.2) is 58.0 Å². The standard InChI is InChI=1S/C20H30N4O3/c1-13(2)18-21-14(3)11-17(22-18)23-7-9-24(10-8-23)19(25)15-5-4-6-16(12-15)20(26)27/h11,13,15-16H,4-10,12H2,1-3H3,(H,26,27). The Bertz CT molecular complexity index is 698. The Morgan fingerprint density at radius 2 is 1.78 bits per heavy atom. The minimum Gasteiger partial charge on any atom is -0.481 e. The molecule has 0 spiro atoms. The molecule has 1 amide bonds. The fourth-order valence-corrected chi connectivity index (χ4v) is 4.05. The zero-order chi connectivity index (χ0) is 19.6. The summed E-state index contributed by atoms with van der Waals surface area (Å²) in [5.74, 6) is 0.916. The molecule has 7 heteroatoms. The van der Waals surface area contributed by atoms with E-state index in [9.17, 15) is 14.7 Å². The number of carbonyl (C=O) groups is 2. The topological polar surface area (TPSA) is 86.6 Å². The second-order valence-electron chi connectivity index (χ2n) is 8.09. The Kier molecular flexibility index (Phi) is 5.97. The number of carboxylic acid groups (broad SMARTS) is 1. The smallest absolute Gasteiger partial charge is 0.306 e. The van der Waals surface area contributed by atoms with Gasteiger partial charge in [-0.15, -0.1) is 0 Å². The lowest BCUT2D eigenvalue weighted by Crippen LogP contribution is -2.51. The van der Waals surface area contributed by atoms with E-state index in [-0.39, 0.29) is 23.7 Å². The summed E-state index contributed by atoms with van der Waals surface area (Å²) < 4.78 is 0. The van der Waals surface area contributed by atoms with Gasteiger partial charge in [-0.05, 0) is 26.2 Å². The molecular weight excluding hydrogens is 344 g/mol. The highest BCUT2D eigenvalue weighted by atomic mass is 16.4. The summed E-state index contributed by atoms with van der Waals surface area (Å²) in [6, 6.07) is 2.00. The first-order valence-electron chi connectivity index (χ1n) is 9.97. The number of carbonyl (C=O) groups excluding carboxylic acids is 1. The summed E-state index contributed by atoms with van der Waals surface area (Å²) in [6.07, 6.45) is 2.81. The Balaban J connectivity index is 1.60. The summed E-state index contributed by atoms with van der Waals surface area (Å²) in [5.41, 5.74) is 0.962. The number of aromatic nitrogens is 2. The van der Waals surface area contributed by atoms with E-state index in [2.05, 4.69) is 23.7 Å². The monoisotopic (exact) mass is 374 g/mol. The second kappa shape index (κ2) is 8.23. The van der Waals surface area contributed by atoms with Crippen LogP contribution in [0.4, 0.5) is 5.82 Å². The maximum Gasteiger partial charge on any atom is 0.306 e. The normalized spacial score (nSPS) is 23.6. The lowest BCUT2D eigenvalue weighted by Gasteiger charge is -2.38. The fourth-order valence-electron chi connectivity index (χ4n) is 4.05. The molecule has 2 unspecified atom stereocenters. The third-order valence-electron chi connectivity index (χ3n) is 5.66. The van der Waals surface area contributed by atoms with Crippen molar-refractivity contribution in [3.05, 3.63) is 17.6 Å². The zero-order valence-electron chi connectivity index (χ0n) is 16.5. The van der Waals surface area contributed by atoms with E-state index in [4.69, 9.17) is 4.98 Å². The Morgan fingerprint density at radius 3 is 2.41 bits per heavy atom. The number of aryl methyl sites for hydroxylation is 1. The van der Waals surface area contributed by atoms with E-state index in [1.807, 2.05) is 17.9 Å². The van der Waals surface area contributed by atoms with Crippen LogP contribution in [0.2, 0.25) is 0 Å². The number of nitrogens with zero attached hydrogens (tertiary/aromatic N) is 4. The lowest BCUT2D eigenvalue weighted by atomic mass is 9.80. The Hall–Kier alpha value is -2.18. The number of anilines is 1. The van der Waals surface area contributed by atoms with E-state index < -0.39 is 5.97 Å². The quantitative estimate of drug-likeness (QED) is 0.871. The molecule has 1 aromatic rings. The van der Waals surface area contributed by atoms with E-state index in [0.29, 0.717) is 25.9 Å². The van der Waals surface area contributed by atoms with E-state index >= 15 is 0 Å². The van der Waals surface area contributed by atoms with Crippen LogP contribution >= 0.6 is 0 Å². The first kappa shape index (κ1) is 19.6. The second-order valence-corrected chi connectivity index (χ2v) is 8.09. The third kappa shape index (κ3) is 4.57. The van der Waals surface area contributed by atoms with Crippen molar-refractivity contribution in [1.29, 1.82) is 0 Å². The SMILES string of the molecule is Cc1cc(N2CCN(C(=O)C3CCCC(C(=O)O)C3)CC2)nc(C(C)C)n1. The van der Waals surface area contributed by atoms with Crippen molar-refractivity contribution in [3.63, 3.8) is 0 Å². The van der Waals surface area contributed by atoms with E-state index in [1.165, 1.54) is 0 Å². The van der Waals surface area contributed by atoms with Crippen LogP contribution in [0.25, 0.3) is 0 Å². The number of rotatable bonds is 4. The minimum atomic E-state index is -0.766. The molecule has 148 valence electrons. The number of piperazine rings is 1. The van der Waals surface area contributed by atoms with Gasteiger partial charge in [-0.2, -0.15) is 0 Å². The first-order chi connectivity index (χ1) is 12.8. The van der Waals surface area contributed by atoms with Crippen molar-refractivity contribution in [2.45, 2.75) is 52.4 Å². The van der Waals surface area contributed by atoms with Crippen LogP contribution in [0.15, 0.2) is 6.07 Å². The number of aliphatic carboxylic acids is 1. The fraction of sp³-hybridized carbons (Fsp3) is 0.700. The molecule has 2 aliphatic rings. The van der Waals surface area contributed by atoms with Gasteiger partial charge < -0.3 is 14.9 Å². The molecule has 0 aromatic carbocycles. The van der Waals surface area contributed by atoms with Crippen LogP contribution in [0.3, 0.4) is 0 Å². The molecule has 7 nitrogen and oxygen atoms in total. The molecule has 1 aliphatic heterocycles. The molecule has 1 aromatic heterocycles. The van der Waals surface area contributed by atoms with Crippen molar-refractivity contribution < 1.29 is 14.7 Å². The van der Waals surface area contributed by atoms with Gasteiger partial charge in [-0.3, -0.25) is 9.59 Å². The largest absolute Gasteiger partial charge is 0.481 e. The molecule has 1 N–H and O–H groups in total. The first-order valence-corrected chi connectivity index (χ1v) is 9.97. The molecule has 2 atom stereocenters. The minimum absolute atomic E-state index is 0.127. The lowest BCUT2D eigenvalue weighted by molar-refractivity contribution is -0.145. The molecule has 1 saturated heterocycles. The van der Waals surface area contributed by atoms with Crippen molar-refractivity contribution in [2.24, 2.45) is 11.8 Å². The number of hydrogen-bond donors (Lipinski definition) is 1. The average molecular weight is 374 g/mol. The van der Waals surface area contributed by atoms with Crippen LogP contribution in [0.1, 0.15) is 57.0 Å². The van der Waals surface area contributed by atoms with Crippen molar-refractivity contribution in [2.75, 3.05) is 31.1 Å². The van der Waals surface area contributed by atoms with Crippen molar-refractivity contribution >= 4 is 17.7 Å². The Morgan fingerprint density at radius 1 is 1.11 bits per heavy atom. The average Bonchev–Trinajstić information content (AvgIpc) is 2.67. The highest BCUT2D eigenvalue weighted by Gasteiger charge is 2.34. The van der Waals surface area contributed by atoms with Crippen molar-refractivity contribution in [1.82, 2.24) is 14.9 Å². The molecule has 3 rings (SSSR count). The highest BCUT2D eigenvalue weighted by Crippen LogP contribution is 2.31. The van der Waals surface area contributed by atoms with Crippen molar-refractivity contribution in [3.8, 4) is 0 Å². The highest BCUT2D eigenvalue weighted by molar-refractivity contribution is 5.80. The zero-order valence-corrected chi connectivity index (χ0v) is 16.5. The van der Waals surface area contributed by atoms with Gasteiger partial charge in [0.25, 0.3) is 0 Å². The maximum absolute atomic E-state index is 12.9. The number of hydrogen-bond acceptors (Lipinski definition) is 5. The van der Waals surface area contributed by atoms with Gasteiger partial charge in [-0.25, -0.2) is 9.97 Å². The number of amides is 1. The van der Waals surface area contributed by atoms with Gasteiger partial charge >= 0.3 is 5.97 Å². The van der Waals surface area contributed by atoms with Crippen LogP contribution in [0.5, 0.6) is 0 Å². The molecule has 27 heavy (non-hydrogen) atoms. The summed E-state index contributed by atoms with van der Waals surface area (Å²) in [4.78, 5) is 37.4. The Labute approximate surface area is 160 Å².